The van der Waals surface area contributed by atoms with Gasteiger partial charge in [0.1, 0.15) is 5.82 Å². The lowest BCUT2D eigenvalue weighted by Crippen LogP contribution is -1.97. The van der Waals surface area contributed by atoms with Crippen LogP contribution in [-0.4, -0.2) is 9.55 Å². The Kier molecular flexibility index (Phi) is 2.24. The quantitative estimate of drug-likeness (QED) is 0.622. The van der Waals surface area contributed by atoms with Crippen molar-refractivity contribution in [3.05, 3.63) is 30.1 Å². The Morgan fingerprint density at radius 3 is 2.93 bits per heavy atom. The van der Waals surface area contributed by atoms with Gasteiger partial charge < -0.3 is 4.57 Å². The molecule has 0 amide bonds. The maximum atomic E-state index is 4.46. The number of aromatic nitrogens is 2. The average molecular weight is 184 g/mol. The molecule has 2 nitrogen and oxygen atoms in total. The second-order valence-corrected chi connectivity index (χ2v) is 3.16. The van der Waals surface area contributed by atoms with Crippen LogP contribution in [0, 0.1) is 18.8 Å². The number of nitrogens with zero attached hydrogens (tertiary/aromatic N) is 2. The topological polar surface area (TPSA) is 17.8 Å². The highest BCUT2D eigenvalue weighted by Crippen LogP contribution is 2.14. The molecule has 70 valence electrons. The summed E-state index contributed by atoms with van der Waals surface area (Å²) >= 11 is 0. The summed E-state index contributed by atoms with van der Waals surface area (Å²) < 4.78 is 2.13. The van der Waals surface area contributed by atoms with E-state index in [2.05, 4.69) is 27.5 Å². The van der Waals surface area contributed by atoms with E-state index in [1.807, 2.05) is 32.0 Å². The third-order valence-corrected chi connectivity index (χ3v) is 2.26. The van der Waals surface area contributed by atoms with Gasteiger partial charge in [-0.3, -0.25) is 0 Å². The molecule has 0 fully saturated rings. The van der Waals surface area contributed by atoms with E-state index < -0.39 is 0 Å². The zero-order valence-corrected chi connectivity index (χ0v) is 8.41. The molecule has 2 heteroatoms. The van der Waals surface area contributed by atoms with Crippen LogP contribution in [0.2, 0.25) is 0 Å². The van der Waals surface area contributed by atoms with Crippen LogP contribution >= 0.6 is 0 Å². The second-order valence-electron chi connectivity index (χ2n) is 3.16. The molecule has 0 bridgehead atoms. The van der Waals surface area contributed by atoms with Crippen molar-refractivity contribution in [2.45, 2.75) is 20.4 Å². The lowest BCUT2D eigenvalue weighted by molar-refractivity contribution is 0.823. The zero-order chi connectivity index (χ0) is 9.97. The minimum Gasteiger partial charge on any atom is -0.316 e. The van der Waals surface area contributed by atoms with Crippen LogP contribution in [-0.2, 0) is 6.54 Å². The molecule has 0 radical (unpaired) electrons. The molecule has 0 aliphatic carbocycles. The van der Waals surface area contributed by atoms with Gasteiger partial charge in [0, 0.05) is 0 Å². The number of fused-ring (bicyclic) bond motifs is 1. The van der Waals surface area contributed by atoms with E-state index >= 15 is 0 Å². The van der Waals surface area contributed by atoms with Crippen molar-refractivity contribution < 1.29 is 0 Å². The van der Waals surface area contributed by atoms with E-state index in [-0.39, 0.29) is 0 Å². The molecule has 0 atom stereocenters. The highest BCUT2D eigenvalue weighted by molar-refractivity contribution is 5.75. The Morgan fingerprint density at radius 1 is 1.36 bits per heavy atom. The fraction of sp³-hybridized carbons (Fsp3) is 0.250. The molecule has 2 aromatic rings. The van der Waals surface area contributed by atoms with Crippen molar-refractivity contribution in [3.8, 4) is 11.8 Å². The Morgan fingerprint density at radius 2 is 2.14 bits per heavy atom. The van der Waals surface area contributed by atoms with E-state index in [1.54, 1.807) is 0 Å². The summed E-state index contributed by atoms with van der Waals surface area (Å²) in [5.74, 6) is 6.98. The molecule has 0 aliphatic heterocycles. The molecule has 0 aliphatic rings. The Hall–Kier alpha value is -1.75. The first-order valence-corrected chi connectivity index (χ1v) is 4.64. The SMILES string of the molecule is CC#CCn1c(C)nc2ccccc21. The number of hydrogen-bond donors (Lipinski definition) is 0. The van der Waals surface area contributed by atoms with Crippen LogP contribution in [0.15, 0.2) is 24.3 Å². The van der Waals surface area contributed by atoms with E-state index in [0.717, 1.165) is 23.4 Å². The van der Waals surface area contributed by atoms with Gasteiger partial charge in [-0.05, 0) is 26.0 Å². The van der Waals surface area contributed by atoms with Crippen LogP contribution < -0.4 is 0 Å². The molecule has 2 rings (SSSR count). The van der Waals surface area contributed by atoms with Crippen molar-refractivity contribution >= 4 is 11.0 Å². The maximum Gasteiger partial charge on any atom is 0.107 e. The van der Waals surface area contributed by atoms with Crippen LogP contribution in [0.1, 0.15) is 12.7 Å². The molecule has 0 saturated heterocycles. The molecule has 1 heterocycles. The number of aryl methyl sites for hydroxylation is 1. The molecule has 1 aromatic heterocycles. The fourth-order valence-electron chi connectivity index (χ4n) is 1.55. The number of imidazole rings is 1. The lowest BCUT2D eigenvalue weighted by atomic mass is 10.3. The molecule has 0 spiro atoms. The summed E-state index contributed by atoms with van der Waals surface area (Å²) in [6, 6.07) is 8.13. The highest BCUT2D eigenvalue weighted by atomic mass is 15.1. The van der Waals surface area contributed by atoms with Gasteiger partial charge in [-0.15, -0.1) is 5.92 Å². The minimum absolute atomic E-state index is 0.725. The first kappa shape index (κ1) is 8.83. The summed E-state index contributed by atoms with van der Waals surface area (Å²) in [7, 11) is 0. The number of rotatable bonds is 1. The Labute approximate surface area is 83.6 Å². The Bertz CT molecular complexity index is 512. The maximum absolute atomic E-state index is 4.46. The first-order valence-electron chi connectivity index (χ1n) is 4.64. The van der Waals surface area contributed by atoms with Crippen LogP contribution in [0.4, 0.5) is 0 Å². The van der Waals surface area contributed by atoms with Gasteiger partial charge in [0.25, 0.3) is 0 Å². The van der Waals surface area contributed by atoms with Gasteiger partial charge >= 0.3 is 0 Å². The predicted molar refractivity (Wildman–Crippen MR) is 57.9 cm³/mol. The largest absolute Gasteiger partial charge is 0.316 e. The van der Waals surface area contributed by atoms with Gasteiger partial charge in [0.15, 0.2) is 0 Å². The number of para-hydroxylation sites is 2. The third kappa shape index (κ3) is 1.38. The van der Waals surface area contributed by atoms with Crippen LogP contribution in [0.3, 0.4) is 0 Å². The minimum atomic E-state index is 0.725. The summed E-state index contributed by atoms with van der Waals surface area (Å²) in [4.78, 5) is 4.46. The predicted octanol–water partition coefficient (Wildman–Crippen LogP) is 2.37. The van der Waals surface area contributed by atoms with Gasteiger partial charge in [-0.1, -0.05) is 18.1 Å². The van der Waals surface area contributed by atoms with E-state index in [4.69, 9.17) is 0 Å². The van der Waals surface area contributed by atoms with Crippen molar-refractivity contribution in [2.24, 2.45) is 0 Å². The highest BCUT2D eigenvalue weighted by Gasteiger charge is 2.03. The van der Waals surface area contributed by atoms with Gasteiger partial charge in [0.05, 0.1) is 17.6 Å². The normalized spacial score (nSPS) is 9.86. The standard InChI is InChI=1S/C12H12N2/c1-3-4-9-14-10(2)13-11-7-5-6-8-12(11)14/h5-8H,9H2,1-2H3. The number of benzene rings is 1. The monoisotopic (exact) mass is 184 g/mol. The van der Waals surface area contributed by atoms with Gasteiger partial charge in [-0.2, -0.15) is 0 Å². The molecule has 0 saturated carbocycles. The van der Waals surface area contributed by atoms with Crippen molar-refractivity contribution in [1.82, 2.24) is 9.55 Å². The van der Waals surface area contributed by atoms with Gasteiger partial charge in [-0.25, -0.2) is 4.98 Å². The third-order valence-electron chi connectivity index (χ3n) is 2.26. The average Bonchev–Trinajstić information content (AvgIpc) is 2.51. The smallest absolute Gasteiger partial charge is 0.107 e. The summed E-state index contributed by atoms with van der Waals surface area (Å²) in [5, 5.41) is 0. The van der Waals surface area contributed by atoms with Crippen LogP contribution in [0.25, 0.3) is 11.0 Å². The molecule has 0 unspecified atom stereocenters. The molecule has 14 heavy (non-hydrogen) atoms. The van der Waals surface area contributed by atoms with Crippen molar-refractivity contribution in [1.29, 1.82) is 0 Å². The molecule has 0 N–H and O–H groups in total. The Balaban J connectivity index is 2.60. The molecular formula is C12H12N2. The lowest BCUT2D eigenvalue weighted by Gasteiger charge is -1.99. The summed E-state index contributed by atoms with van der Waals surface area (Å²) in [5.41, 5.74) is 2.20. The number of hydrogen-bond acceptors (Lipinski definition) is 1. The van der Waals surface area contributed by atoms with Crippen LogP contribution in [0.5, 0.6) is 0 Å². The van der Waals surface area contributed by atoms with E-state index in [0.29, 0.717) is 0 Å². The molecular weight excluding hydrogens is 172 g/mol. The van der Waals surface area contributed by atoms with E-state index in [9.17, 15) is 0 Å². The second kappa shape index (κ2) is 3.55. The molecule has 1 aromatic carbocycles. The van der Waals surface area contributed by atoms with Gasteiger partial charge in [0.2, 0.25) is 0 Å². The zero-order valence-electron chi connectivity index (χ0n) is 8.41. The summed E-state index contributed by atoms with van der Waals surface area (Å²) in [6.07, 6.45) is 0. The summed E-state index contributed by atoms with van der Waals surface area (Å²) in [6.45, 7) is 4.59. The van der Waals surface area contributed by atoms with Crippen molar-refractivity contribution in [3.63, 3.8) is 0 Å². The van der Waals surface area contributed by atoms with E-state index in [1.165, 1.54) is 0 Å². The van der Waals surface area contributed by atoms with Crippen molar-refractivity contribution in [2.75, 3.05) is 0 Å². The fourth-order valence-corrected chi connectivity index (χ4v) is 1.55. The first-order chi connectivity index (χ1) is 6.83.